The maximum absolute atomic E-state index is 13.7. The van der Waals surface area contributed by atoms with Crippen molar-refractivity contribution >= 4 is 34.5 Å². The summed E-state index contributed by atoms with van der Waals surface area (Å²) in [5.74, 6) is 0.847. The molecule has 9 heteroatoms. The molecule has 0 atom stereocenters. The number of fused-ring (bicyclic) bond motifs is 1. The molecule has 4 aromatic rings. The third-order valence-corrected chi connectivity index (χ3v) is 7.37. The van der Waals surface area contributed by atoms with Crippen molar-refractivity contribution in [3.05, 3.63) is 54.2 Å². The summed E-state index contributed by atoms with van der Waals surface area (Å²) in [5, 5.41) is 4.75. The van der Waals surface area contributed by atoms with E-state index in [0.717, 1.165) is 31.2 Å². The van der Waals surface area contributed by atoms with E-state index in [9.17, 15) is 9.59 Å². The molecular weight excluding hydrogens is 494 g/mol. The number of hydrogen-bond acceptors (Lipinski definition) is 7. The van der Waals surface area contributed by atoms with Gasteiger partial charge in [-0.15, -0.1) is 5.10 Å². The summed E-state index contributed by atoms with van der Waals surface area (Å²) in [7, 11) is 0. The second-order valence-electron chi connectivity index (χ2n) is 10.6. The van der Waals surface area contributed by atoms with Gasteiger partial charge in [0.15, 0.2) is 11.4 Å². The highest BCUT2D eigenvalue weighted by Gasteiger charge is 2.34. The molecule has 1 amide bonds. The number of nitrogen functional groups attached to an aromatic ring is 1. The van der Waals surface area contributed by atoms with Crippen LogP contribution in [0, 0.1) is 11.8 Å². The van der Waals surface area contributed by atoms with E-state index in [2.05, 4.69) is 11.9 Å². The normalized spacial score (nSPS) is 17.5. The van der Waals surface area contributed by atoms with Crippen molar-refractivity contribution < 1.29 is 18.7 Å². The minimum Gasteiger partial charge on any atom is -0.462 e. The van der Waals surface area contributed by atoms with Gasteiger partial charge in [-0.2, -0.15) is 0 Å². The summed E-state index contributed by atoms with van der Waals surface area (Å²) < 4.78 is 12.8. The Bertz CT molecular complexity index is 1480. The van der Waals surface area contributed by atoms with Gasteiger partial charge in [-0.1, -0.05) is 13.0 Å². The maximum Gasteiger partial charge on any atom is 0.343 e. The van der Waals surface area contributed by atoms with E-state index in [1.807, 2.05) is 50.2 Å². The monoisotopic (exact) mass is 529 g/mol. The molecule has 9 nitrogen and oxygen atoms in total. The number of carbonyl (C=O) groups excluding carboxylic acids is 2. The number of benzene rings is 2. The van der Waals surface area contributed by atoms with Crippen LogP contribution in [0.15, 0.2) is 53.1 Å². The van der Waals surface area contributed by atoms with Gasteiger partial charge >= 0.3 is 5.97 Å². The zero-order chi connectivity index (χ0) is 27.7. The van der Waals surface area contributed by atoms with Gasteiger partial charge in [0.2, 0.25) is 11.8 Å². The zero-order valence-corrected chi connectivity index (χ0v) is 22.9. The highest BCUT2D eigenvalue weighted by molar-refractivity contribution is 6.02. The second kappa shape index (κ2) is 10.9. The molecule has 1 aliphatic carbocycles. The van der Waals surface area contributed by atoms with Gasteiger partial charge in [-0.05, 0) is 88.8 Å². The fraction of sp³-hybridized carbons (Fsp3) is 0.400. The van der Waals surface area contributed by atoms with Crippen LogP contribution in [0.25, 0.3) is 28.2 Å². The van der Waals surface area contributed by atoms with Crippen LogP contribution in [0.5, 0.6) is 0 Å². The average molecular weight is 530 g/mol. The summed E-state index contributed by atoms with van der Waals surface area (Å²) in [6.07, 6.45) is 5.39. The van der Waals surface area contributed by atoms with E-state index in [-0.39, 0.29) is 30.0 Å². The van der Waals surface area contributed by atoms with Crippen molar-refractivity contribution in [2.45, 2.75) is 59.4 Å². The Kier molecular flexibility index (Phi) is 7.41. The first kappa shape index (κ1) is 26.5. The maximum atomic E-state index is 13.7. The molecule has 1 aliphatic rings. The number of aromatic nitrogens is 3. The number of nitrogens with zero attached hydrogens (tertiary/aromatic N) is 4. The van der Waals surface area contributed by atoms with Crippen molar-refractivity contribution in [2.24, 2.45) is 11.8 Å². The van der Waals surface area contributed by atoms with Gasteiger partial charge in [-0.3, -0.25) is 9.69 Å². The second-order valence-corrected chi connectivity index (χ2v) is 10.6. The smallest absolute Gasteiger partial charge is 0.343 e. The number of esters is 1. The van der Waals surface area contributed by atoms with Gasteiger partial charge in [0.1, 0.15) is 11.1 Å². The van der Waals surface area contributed by atoms with Crippen LogP contribution in [0.3, 0.4) is 0 Å². The molecule has 0 aliphatic heterocycles. The molecule has 5 rings (SSSR count). The van der Waals surface area contributed by atoms with Crippen LogP contribution in [0.2, 0.25) is 0 Å². The summed E-state index contributed by atoms with van der Waals surface area (Å²) in [5.41, 5.74) is 9.59. The molecule has 39 heavy (non-hydrogen) atoms. The van der Waals surface area contributed by atoms with Gasteiger partial charge in [-0.25, -0.2) is 14.5 Å². The SMILES string of the molecule is CCOC(=O)c1cn(-c2ccc(-c3nc4c(N)cccc4o3)cc2)nc1N(C(=O)[C@H]1CC[C@H](C)CC1)C(C)C. The average Bonchev–Trinajstić information content (AvgIpc) is 3.55. The van der Waals surface area contributed by atoms with E-state index < -0.39 is 5.97 Å². The number of anilines is 2. The topological polar surface area (TPSA) is 116 Å². The molecule has 0 bridgehead atoms. The Morgan fingerprint density at radius 3 is 2.49 bits per heavy atom. The standard InChI is InChI=1S/C30H35N5O4/c1-5-38-30(37)23-17-34(33-27(23)35(18(2)3)29(36)21-11-9-19(4)10-12-21)22-15-13-20(14-16-22)28-32-26-24(31)7-6-8-25(26)39-28/h6-8,13-19,21H,5,9-12,31H2,1-4H3/t19-,21-. The molecule has 2 heterocycles. The molecule has 1 fully saturated rings. The molecule has 0 unspecified atom stereocenters. The molecule has 1 saturated carbocycles. The molecule has 2 aromatic heterocycles. The largest absolute Gasteiger partial charge is 0.462 e. The molecule has 0 spiro atoms. The van der Waals surface area contributed by atoms with E-state index in [1.165, 1.54) is 0 Å². The van der Waals surface area contributed by atoms with Crippen LogP contribution in [0.4, 0.5) is 11.5 Å². The van der Waals surface area contributed by atoms with Crippen LogP contribution < -0.4 is 10.6 Å². The third-order valence-electron chi connectivity index (χ3n) is 7.37. The summed E-state index contributed by atoms with van der Waals surface area (Å²) in [6, 6.07) is 12.7. The number of nitrogens with two attached hydrogens (primary N) is 1. The van der Waals surface area contributed by atoms with Crippen LogP contribution in [-0.2, 0) is 9.53 Å². The van der Waals surface area contributed by atoms with E-state index >= 15 is 0 Å². The van der Waals surface area contributed by atoms with Crippen molar-refractivity contribution in [3.63, 3.8) is 0 Å². The minimum atomic E-state index is -0.504. The lowest BCUT2D eigenvalue weighted by Gasteiger charge is -2.32. The summed E-state index contributed by atoms with van der Waals surface area (Å²) in [6.45, 7) is 8.10. The molecule has 2 N–H and O–H groups in total. The number of oxazole rings is 1. The Labute approximate surface area is 227 Å². The van der Waals surface area contributed by atoms with Crippen LogP contribution >= 0.6 is 0 Å². The highest BCUT2D eigenvalue weighted by atomic mass is 16.5. The Morgan fingerprint density at radius 1 is 1.13 bits per heavy atom. The lowest BCUT2D eigenvalue weighted by atomic mass is 9.82. The molecular formula is C30H35N5O4. The van der Waals surface area contributed by atoms with Gasteiger partial charge in [0, 0.05) is 23.7 Å². The van der Waals surface area contributed by atoms with E-state index in [4.69, 9.17) is 20.0 Å². The number of amides is 1. The number of rotatable bonds is 7. The van der Waals surface area contributed by atoms with Crippen molar-refractivity contribution in [2.75, 3.05) is 17.2 Å². The third kappa shape index (κ3) is 5.26. The van der Waals surface area contributed by atoms with Crippen molar-refractivity contribution in [1.82, 2.24) is 14.8 Å². The zero-order valence-electron chi connectivity index (χ0n) is 22.9. The Morgan fingerprint density at radius 2 is 1.85 bits per heavy atom. The first-order chi connectivity index (χ1) is 18.8. The van der Waals surface area contributed by atoms with Gasteiger partial charge in [0.05, 0.1) is 18.0 Å². The van der Waals surface area contributed by atoms with E-state index in [0.29, 0.717) is 40.1 Å². The molecule has 0 radical (unpaired) electrons. The van der Waals surface area contributed by atoms with Gasteiger partial charge < -0.3 is 14.9 Å². The van der Waals surface area contributed by atoms with Crippen LogP contribution in [-0.4, -0.2) is 39.3 Å². The van der Waals surface area contributed by atoms with Crippen LogP contribution in [0.1, 0.15) is 63.7 Å². The fourth-order valence-corrected chi connectivity index (χ4v) is 5.19. The van der Waals surface area contributed by atoms with E-state index in [1.54, 1.807) is 28.8 Å². The number of carbonyl (C=O) groups is 2. The first-order valence-corrected chi connectivity index (χ1v) is 13.6. The molecule has 0 saturated heterocycles. The molecule has 2 aromatic carbocycles. The lowest BCUT2D eigenvalue weighted by Crippen LogP contribution is -2.43. The number of hydrogen-bond donors (Lipinski definition) is 1. The Balaban J connectivity index is 1.49. The predicted molar refractivity (Wildman–Crippen MR) is 151 cm³/mol. The number of ether oxygens (including phenoxy) is 1. The Hall–Kier alpha value is -4.14. The summed E-state index contributed by atoms with van der Waals surface area (Å²) in [4.78, 5) is 32.9. The van der Waals surface area contributed by atoms with Crippen molar-refractivity contribution in [1.29, 1.82) is 0 Å². The fourth-order valence-electron chi connectivity index (χ4n) is 5.19. The van der Waals surface area contributed by atoms with Gasteiger partial charge in [0.25, 0.3) is 0 Å². The summed E-state index contributed by atoms with van der Waals surface area (Å²) >= 11 is 0. The highest BCUT2D eigenvalue weighted by Crippen LogP contribution is 2.33. The lowest BCUT2D eigenvalue weighted by molar-refractivity contribution is -0.124. The van der Waals surface area contributed by atoms with Crippen molar-refractivity contribution in [3.8, 4) is 17.1 Å². The first-order valence-electron chi connectivity index (χ1n) is 13.6. The minimum absolute atomic E-state index is 0.0123. The quantitative estimate of drug-likeness (QED) is 0.230. The number of para-hydroxylation sites is 1. The molecule has 204 valence electrons. The predicted octanol–water partition coefficient (Wildman–Crippen LogP) is 6.01.